The number of nitrogens with zero attached hydrogens (tertiary/aromatic N) is 2. The fraction of sp³-hybridized carbons (Fsp3) is 0.222. The van der Waals surface area contributed by atoms with Crippen LogP contribution in [0, 0.1) is 5.92 Å². The van der Waals surface area contributed by atoms with Crippen molar-refractivity contribution in [3.05, 3.63) is 60.9 Å². The van der Waals surface area contributed by atoms with Crippen LogP contribution in [0.3, 0.4) is 0 Å². The van der Waals surface area contributed by atoms with Crippen LogP contribution in [-0.2, 0) is 0 Å². The summed E-state index contributed by atoms with van der Waals surface area (Å²) in [4.78, 5) is 4.07. The van der Waals surface area contributed by atoms with Crippen LogP contribution in [0.1, 0.15) is 13.8 Å². The van der Waals surface area contributed by atoms with E-state index in [0.717, 1.165) is 11.4 Å². The van der Waals surface area contributed by atoms with Gasteiger partial charge in [0.15, 0.2) is 0 Å². The summed E-state index contributed by atoms with van der Waals surface area (Å²) in [5.74, 6) is 0.781. The van der Waals surface area contributed by atoms with Gasteiger partial charge in [0.2, 0.25) is 0 Å². The summed E-state index contributed by atoms with van der Waals surface area (Å²) in [6.45, 7) is 4.25. The van der Waals surface area contributed by atoms with Gasteiger partial charge < -0.3 is 20.0 Å². The van der Waals surface area contributed by atoms with E-state index in [1.807, 2.05) is 58.6 Å². The number of hydrogen-bond donors (Lipinski definition) is 2. The molecule has 0 unspecified atom stereocenters. The molecule has 0 radical (unpaired) electrons. The Labute approximate surface area is 130 Å². The molecule has 1 aliphatic rings. The van der Waals surface area contributed by atoms with Gasteiger partial charge in [-0.25, -0.2) is 0 Å². The summed E-state index contributed by atoms with van der Waals surface area (Å²) in [6, 6.07) is 14.6. The highest BCUT2D eigenvalue weighted by atomic mass is 16.3. The molecule has 2 aromatic carbocycles. The predicted molar refractivity (Wildman–Crippen MR) is 88.9 cm³/mol. The Morgan fingerprint density at radius 2 is 1.18 bits per heavy atom. The highest BCUT2D eigenvalue weighted by molar-refractivity contribution is 5.68. The molecular formula is C18H20N2O2. The number of anilines is 2. The Balaban J connectivity index is 2.01. The lowest BCUT2D eigenvalue weighted by Crippen LogP contribution is -2.42. The second kappa shape index (κ2) is 5.64. The van der Waals surface area contributed by atoms with Gasteiger partial charge in [0.25, 0.3) is 0 Å². The molecule has 0 saturated carbocycles. The maximum Gasteiger partial charge on any atom is 0.139 e. The van der Waals surface area contributed by atoms with E-state index >= 15 is 0 Å². The van der Waals surface area contributed by atoms with Crippen LogP contribution in [-0.4, -0.2) is 16.4 Å². The number of phenolic OH excluding ortho intramolecular Hbond substituents is 2. The van der Waals surface area contributed by atoms with E-state index in [2.05, 4.69) is 13.8 Å². The molecule has 0 aliphatic carbocycles. The molecule has 22 heavy (non-hydrogen) atoms. The van der Waals surface area contributed by atoms with Crippen LogP contribution in [0.25, 0.3) is 0 Å². The topological polar surface area (TPSA) is 46.9 Å². The summed E-state index contributed by atoms with van der Waals surface area (Å²) in [5.41, 5.74) is 1.52. The van der Waals surface area contributed by atoms with Gasteiger partial charge in [0, 0.05) is 12.4 Å². The van der Waals surface area contributed by atoms with Crippen LogP contribution in [0.5, 0.6) is 11.5 Å². The van der Waals surface area contributed by atoms with Crippen LogP contribution >= 0.6 is 0 Å². The third kappa shape index (κ3) is 2.37. The third-order valence-electron chi connectivity index (χ3n) is 3.87. The van der Waals surface area contributed by atoms with Crippen molar-refractivity contribution >= 4 is 11.4 Å². The van der Waals surface area contributed by atoms with Gasteiger partial charge in [-0.15, -0.1) is 0 Å². The lowest BCUT2D eigenvalue weighted by atomic mass is 10.1. The van der Waals surface area contributed by atoms with Gasteiger partial charge in [-0.3, -0.25) is 0 Å². The second-order valence-corrected chi connectivity index (χ2v) is 5.75. The van der Waals surface area contributed by atoms with Gasteiger partial charge >= 0.3 is 0 Å². The van der Waals surface area contributed by atoms with Crippen LogP contribution < -0.4 is 9.80 Å². The molecule has 0 aromatic heterocycles. The number of aromatic hydroxyl groups is 2. The lowest BCUT2D eigenvalue weighted by Gasteiger charge is -2.36. The average Bonchev–Trinajstić information content (AvgIpc) is 2.93. The van der Waals surface area contributed by atoms with E-state index in [1.54, 1.807) is 12.1 Å². The highest BCUT2D eigenvalue weighted by Crippen LogP contribution is 2.39. The van der Waals surface area contributed by atoms with Crippen molar-refractivity contribution in [2.24, 2.45) is 5.92 Å². The van der Waals surface area contributed by atoms with Crippen molar-refractivity contribution in [1.29, 1.82) is 0 Å². The SMILES string of the molecule is CC(C)C1N(c2ccccc2O)C=CN1c1ccccc1O. The standard InChI is InChI=1S/C18H20N2O2/c1-13(2)18-19(14-7-3-5-9-16(14)21)11-12-20(18)15-8-4-6-10-17(15)22/h3-13,18,21-22H,1-2H3. The minimum Gasteiger partial charge on any atom is -0.506 e. The lowest BCUT2D eigenvalue weighted by molar-refractivity contribution is 0.454. The fourth-order valence-electron chi connectivity index (χ4n) is 2.91. The molecule has 114 valence electrons. The molecule has 1 aliphatic heterocycles. The number of hydrogen-bond acceptors (Lipinski definition) is 4. The molecule has 4 nitrogen and oxygen atoms in total. The molecule has 0 fully saturated rings. The minimum atomic E-state index is -0.0124. The molecule has 3 rings (SSSR count). The smallest absolute Gasteiger partial charge is 0.139 e. The normalized spacial score (nSPS) is 15.0. The molecule has 1 heterocycles. The zero-order valence-corrected chi connectivity index (χ0v) is 12.7. The Morgan fingerprint density at radius 1 is 0.773 bits per heavy atom. The summed E-state index contributed by atoms with van der Waals surface area (Å²) in [5, 5.41) is 20.3. The molecule has 0 amide bonds. The van der Waals surface area contributed by atoms with Gasteiger partial charge in [0.05, 0.1) is 11.4 Å². The summed E-state index contributed by atoms with van der Waals surface area (Å²) in [6.07, 6.45) is 3.86. The van der Waals surface area contributed by atoms with Crippen molar-refractivity contribution in [3.8, 4) is 11.5 Å². The average molecular weight is 296 g/mol. The Bertz CT molecular complexity index is 641. The van der Waals surface area contributed by atoms with E-state index in [1.165, 1.54) is 0 Å². The van der Waals surface area contributed by atoms with Crippen molar-refractivity contribution in [1.82, 2.24) is 0 Å². The first-order valence-corrected chi connectivity index (χ1v) is 7.40. The minimum absolute atomic E-state index is 0.0124. The molecule has 2 N–H and O–H groups in total. The first-order chi connectivity index (χ1) is 10.6. The maximum atomic E-state index is 10.1. The monoisotopic (exact) mass is 296 g/mol. The van der Waals surface area contributed by atoms with Crippen molar-refractivity contribution < 1.29 is 10.2 Å². The number of benzene rings is 2. The fourth-order valence-corrected chi connectivity index (χ4v) is 2.91. The van der Waals surface area contributed by atoms with E-state index in [4.69, 9.17) is 0 Å². The molecule has 0 bridgehead atoms. The Hall–Kier alpha value is -2.62. The van der Waals surface area contributed by atoms with E-state index < -0.39 is 0 Å². The second-order valence-electron chi connectivity index (χ2n) is 5.75. The molecule has 2 aromatic rings. The van der Waals surface area contributed by atoms with Crippen molar-refractivity contribution in [3.63, 3.8) is 0 Å². The zero-order valence-electron chi connectivity index (χ0n) is 12.7. The quantitative estimate of drug-likeness (QED) is 0.902. The number of rotatable bonds is 3. The Morgan fingerprint density at radius 3 is 1.55 bits per heavy atom. The van der Waals surface area contributed by atoms with Crippen LogP contribution in [0.15, 0.2) is 60.9 Å². The molecular weight excluding hydrogens is 276 g/mol. The van der Waals surface area contributed by atoms with Gasteiger partial charge in [0.1, 0.15) is 17.7 Å². The summed E-state index contributed by atoms with van der Waals surface area (Å²) < 4.78 is 0. The predicted octanol–water partition coefficient (Wildman–Crippen LogP) is 3.88. The third-order valence-corrected chi connectivity index (χ3v) is 3.87. The van der Waals surface area contributed by atoms with E-state index in [-0.39, 0.29) is 23.6 Å². The zero-order chi connectivity index (χ0) is 15.7. The molecule has 0 saturated heterocycles. The molecule has 0 spiro atoms. The van der Waals surface area contributed by atoms with Gasteiger partial charge in [-0.05, 0) is 30.2 Å². The first kappa shape index (κ1) is 14.3. The largest absolute Gasteiger partial charge is 0.506 e. The number of phenols is 2. The van der Waals surface area contributed by atoms with Crippen molar-refractivity contribution in [2.75, 3.05) is 9.80 Å². The first-order valence-electron chi connectivity index (χ1n) is 7.40. The van der Waals surface area contributed by atoms with Crippen LogP contribution in [0.4, 0.5) is 11.4 Å². The summed E-state index contributed by atoms with van der Waals surface area (Å²) >= 11 is 0. The molecule has 4 heteroatoms. The van der Waals surface area contributed by atoms with Crippen molar-refractivity contribution in [2.45, 2.75) is 20.0 Å². The Kier molecular flexibility index (Phi) is 3.67. The van der Waals surface area contributed by atoms with E-state index in [9.17, 15) is 10.2 Å². The van der Waals surface area contributed by atoms with E-state index in [0.29, 0.717) is 0 Å². The maximum absolute atomic E-state index is 10.1. The summed E-state index contributed by atoms with van der Waals surface area (Å²) in [7, 11) is 0. The highest BCUT2D eigenvalue weighted by Gasteiger charge is 2.33. The number of para-hydroxylation sites is 4. The van der Waals surface area contributed by atoms with Gasteiger partial charge in [-0.1, -0.05) is 38.1 Å². The van der Waals surface area contributed by atoms with Gasteiger partial charge in [-0.2, -0.15) is 0 Å². The molecule has 0 atom stereocenters. The van der Waals surface area contributed by atoms with Crippen LogP contribution in [0.2, 0.25) is 0 Å².